The Morgan fingerprint density at radius 3 is 2.38 bits per heavy atom. The van der Waals surface area contributed by atoms with Gasteiger partial charge in [0.1, 0.15) is 5.75 Å². The van der Waals surface area contributed by atoms with Gasteiger partial charge in [-0.1, -0.05) is 29.8 Å². The highest BCUT2D eigenvalue weighted by atomic mass is 16.5. The minimum Gasteiger partial charge on any atom is -0.497 e. The molecule has 0 aliphatic carbocycles. The number of amides is 1. The zero-order chi connectivity index (χ0) is 15.4. The highest BCUT2D eigenvalue weighted by molar-refractivity contribution is 5.93. The van der Waals surface area contributed by atoms with Crippen molar-refractivity contribution in [3.63, 3.8) is 0 Å². The quantitative estimate of drug-likeness (QED) is 0.926. The molecule has 2 aromatic carbocycles. The van der Waals surface area contributed by atoms with Gasteiger partial charge >= 0.3 is 0 Å². The minimum absolute atomic E-state index is 0.0155. The van der Waals surface area contributed by atoms with Crippen LogP contribution in [0.3, 0.4) is 0 Å². The summed E-state index contributed by atoms with van der Waals surface area (Å²) < 4.78 is 5.17. The molecule has 1 amide bonds. The van der Waals surface area contributed by atoms with E-state index in [1.165, 1.54) is 5.56 Å². The van der Waals surface area contributed by atoms with Crippen molar-refractivity contribution in [3.8, 4) is 5.75 Å². The van der Waals surface area contributed by atoms with Gasteiger partial charge in [0.2, 0.25) is 5.91 Å². The molecule has 2 rings (SSSR count). The van der Waals surface area contributed by atoms with Crippen molar-refractivity contribution in [1.29, 1.82) is 0 Å². The first-order chi connectivity index (χ1) is 9.99. The maximum absolute atomic E-state index is 12.2. The van der Waals surface area contributed by atoms with Crippen LogP contribution in [0.2, 0.25) is 0 Å². The van der Waals surface area contributed by atoms with Crippen molar-refractivity contribution in [2.24, 2.45) is 0 Å². The van der Waals surface area contributed by atoms with Crippen molar-refractivity contribution >= 4 is 11.6 Å². The minimum atomic E-state index is -0.0155. The summed E-state index contributed by atoms with van der Waals surface area (Å²) in [4.78, 5) is 12.2. The number of rotatable bonds is 4. The molecule has 21 heavy (non-hydrogen) atoms. The van der Waals surface area contributed by atoms with Crippen molar-refractivity contribution in [2.45, 2.75) is 27.2 Å². The van der Waals surface area contributed by atoms with Gasteiger partial charge in [0.25, 0.3) is 0 Å². The fourth-order valence-corrected chi connectivity index (χ4v) is 2.53. The van der Waals surface area contributed by atoms with Crippen molar-refractivity contribution in [3.05, 3.63) is 58.7 Å². The van der Waals surface area contributed by atoms with Crippen LogP contribution in [0.5, 0.6) is 5.75 Å². The van der Waals surface area contributed by atoms with Crippen LogP contribution in [-0.2, 0) is 11.2 Å². The second kappa shape index (κ2) is 6.44. The molecular weight excluding hydrogens is 262 g/mol. The predicted octanol–water partition coefficient (Wildman–Crippen LogP) is 3.80. The molecule has 0 bridgehead atoms. The summed E-state index contributed by atoms with van der Waals surface area (Å²) in [6.07, 6.45) is 0.337. The van der Waals surface area contributed by atoms with Gasteiger partial charge < -0.3 is 10.1 Å². The number of aryl methyl sites for hydroxylation is 3. The molecule has 3 nitrogen and oxygen atoms in total. The molecule has 0 unspecified atom stereocenters. The van der Waals surface area contributed by atoms with Crippen LogP contribution in [0.1, 0.15) is 22.3 Å². The lowest BCUT2D eigenvalue weighted by atomic mass is 10.0. The number of ether oxygens (including phenoxy) is 1. The standard InChI is InChI=1S/C18H21NO2/c1-12-8-13(2)18(14(3)9-12)19-17(20)11-15-6-5-7-16(10-15)21-4/h5-10H,11H2,1-4H3,(H,19,20). The lowest BCUT2D eigenvalue weighted by molar-refractivity contribution is -0.115. The lowest BCUT2D eigenvalue weighted by Crippen LogP contribution is -2.16. The van der Waals surface area contributed by atoms with E-state index in [1.807, 2.05) is 38.1 Å². The summed E-state index contributed by atoms with van der Waals surface area (Å²) in [5.74, 6) is 0.751. The Kier molecular flexibility index (Phi) is 4.63. The SMILES string of the molecule is COc1cccc(CC(=O)Nc2c(C)cc(C)cc2C)c1. The Morgan fingerprint density at radius 2 is 1.76 bits per heavy atom. The molecule has 0 saturated carbocycles. The molecule has 0 atom stereocenters. The Bertz CT molecular complexity index is 639. The van der Waals surface area contributed by atoms with E-state index in [2.05, 4.69) is 24.4 Å². The van der Waals surface area contributed by atoms with Gasteiger partial charge in [-0.15, -0.1) is 0 Å². The lowest BCUT2D eigenvalue weighted by Gasteiger charge is -2.13. The molecule has 0 aliphatic heterocycles. The second-order valence-corrected chi connectivity index (χ2v) is 5.35. The third kappa shape index (κ3) is 3.85. The number of carbonyl (C=O) groups excluding carboxylic acids is 1. The highest BCUT2D eigenvalue weighted by Gasteiger charge is 2.09. The van der Waals surface area contributed by atoms with Gasteiger partial charge in [-0.05, 0) is 49.6 Å². The summed E-state index contributed by atoms with van der Waals surface area (Å²) in [6, 6.07) is 11.7. The first-order valence-corrected chi connectivity index (χ1v) is 7.00. The van der Waals surface area contributed by atoms with Gasteiger partial charge in [-0.3, -0.25) is 4.79 Å². The molecule has 0 heterocycles. The average molecular weight is 283 g/mol. The van der Waals surface area contributed by atoms with Crippen LogP contribution in [0.25, 0.3) is 0 Å². The fourth-order valence-electron chi connectivity index (χ4n) is 2.53. The van der Waals surface area contributed by atoms with Gasteiger partial charge in [-0.25, -0.2) is 0 Å². The number of anilines is 1. The summed E-state index contributed by atoms with van der Waals surface area (Å²) in [5, 5.41) is 3.01. The molecule has 3 heteroatoms. The summed E-state index contributed by atoms with van der Waals surface area (Å²) in [6.45, 7) is 6.09. The largest absolute Gasteiger partial charge is 0.497 e. The van der Waals surface area contributed by atoms with E-state index in [-0.39, 0.29) is 5.91 Å². The van der Waals surface area contributed by atoms with Gasteiger partial charge in [-0.2, -0.15) is 0 Å². The molecule has 0 fully saturated rings. The third-order valence-corrected chi connectivity index (χ3v) is 3.44. The topological polar surface area (TPSA) is 38.3 Å². The molecule has 0 saturated heterocycles. The molecule has 0 aliphatic rings. The number of carbonyl (C=O) groups is 1. The van der Waals surface area contributed by atoms with E-state index in [0.717, 1.165) is 28.1 Å². The van der Waals surface area contributed by atoms with E-state index < -0.39 is 0 Å². The van der Waals surface area contributed by atoms with E-state index in [0.29, 0.717) is 6.42 Å². The first kappa shape index (κ1) is 15.1. The number of hydrogen-bond acceptors (Lipinski definition) is 2. The Morgan fingerprint density at radius 1 is 1.10 bits per heavy atom. The molecule has 2 aromatic rings. The zero-order valence-electron chi connectivity index (χ0n) is 13.0. The molecule has 110 valence electrons. The van der Waals surface area contributed by atoms with E-state index in [1.54, 1.807) is 7.11 Å². The van der Waals surface area contributed by atoms with Crippen molar-refractivity contribution in [2.75, 3.05) is 12.4 Å². The van der Waals surface area contributed by atoms with E-state index in [9.17, 15) is 4.79 Å². The predicted molar refractivity (Wildman–Crippen MR) is 86.0 cm³/mol. The average Bonchev–Trinajstić information content (AvgIpc) is 2.43. The number of benzene rings is 2. The Hall–Kier alpha value is -2.29. The van der Waals surface area contributed by atoms with Gasteiger partial charge in [0.05, 0.1) is 13.5 Å². The number of hydrogen-bond donors (Lipinski definition) is 1. The summed E-state index contributed by atoms with van der Waals surface area (Å²) >= 11 is 0. The summed E-state index contributed by atoms with van der Waals surface area (Å²) in [7, 11) is 1.62. The Labute approximate surface area is 126 Å². The van der Waals surface area contributed by atoms with E-state index in [4.69, 9.17) is 4.74 Å². The van der Waals surface area contributed by atoms with Crippen LogP contribution in [0.15, 0.2) is 36.4 Å². The summed E-state index contributed by atoms with van der Waals surface area (Å²) in [5.41, 5.74) is 5.23. The number of nitrogens with one attached hydrogen (secondary N) is 1. The molecular formula is C18H21NO2. The van der Waals surface area contributed by atoms with Crippen LogP contribution in [0, 0.1) is 20.8 Å². The first-order valence-electron chi connectivity index (χ1n) is 7.00. The van der Waals surface area contributed by atoms with Gasteiger partial charge in [0.15, 0.2) is 0 Å². The van der Waals surface area contributed by atoms with Crippen LogP contribution >= 0.6 is 0 Å². The maximum atomic E-state index is 12.2. The third-order valence-electron chi connectivity index (χ3n) is 3.44. The monoisotopic (exact) mass is 283 g/mol. The van der Waals surface area contributed by atoms with Crippen molar-refractivity contribution < 1.29 is 9.53 Å². The Balaban J connectivity index is 2.12. The van der Waals surface area contributed by atoms with Crippen LogP contribution in [-0.4, -0.2) is 13.0 Å². The molecule has 0 radical (unpaired) electrons. The molecule has 0 aromatic heterocycles. The highest BCUT2D eigenvalue weighted by Crippen LogP contribution is 2.22. The van der Waals surface area contributed by atoms with Crippen molar-refractivity contribution in [1.82, 2.24) is 0 Å². The maximum Gasteiger partial charge on any atom is 0.228 e. The van der Waals surface area contributed by atoms with Crippen LogP contribution < -0.4 is 10.1 Å². The normalized spacial score (nSPS) is 10.3. The number of methoxy groups -OCH3 is 1. The second-order valence-electron chi connectivity index (χ2n) is 5.35. The smallest absolute Gasteiger partial charge is 0.228 e. The molecule has 1 N–H and O–H groups in total. The fraction of sp³-hybridized carbons (Fsp3) is 0.278. The zero-order valence-corrected chi connectivity index (χ0v) is 13.0. The van der Waals surface area contributed by atoms with E-state index >= 15 is 0 Å². The van der Waals surface area contributed by atoms with Crippen LogP contribution in [0.4, 0.5) is 5.69 Å². The van der Waals surface area contributed by atoms with Gasteiger partial charge in [0, 0.05) is 5.69 Å². The molecule has 0 spiro atoms.